The van der Waals surface area contributed by atoms with Crippen LogP contribution in [0.4, 0.5) is 0 Å². The number of primary amides is 1. The van der Waals surface area contributed by atoms with Crippen LogP contribution in [0.25, 0.3) is 0 Å². The molecule has 8 nitrogen and oxygen atoms in total. The van der Waals surface area contributed by atoms with Crippen LogP contribution in [0.15, 0.2) is 5.11 Å². The molecule has 0 aromatic heterocycles. The summed E-state index contributed by atoms with van der Waals surface area (Å²) in [4.78, 5) is 34.0. The fourth-order valence-corrected chi connectivity index (χ4v) is 0.731. The van der Waals surface area contributed by atoms with E-state index in [2.05, 4.69) is 14.6 Å². The SMILES string of the molecule is CC(C)C(=O)OC(N=N)(OC(=O)C(C)C)C(N)=O. The van der Waals surface area contributed by atoms with E-state index in [0.29, 0.717) is 0 Å². The number of carbonyl (C=O) groups excluding carboxylic acids is 3. The highest BCUT2D eigenvalue weighted by Gasteiger charge is 2.47. The second-order valence-corrected chi connectivity index (χ2v) is 4.21. The van der Waals surface area contributed by atoms with Gasteiger partial charge in [0.2, 0.25) is 0 Å². The van der Waals surface area contributed by atoms with E-state index >= 15 is 0 Å². The third-order valence-electron chi connectivity index (χ3n) is 1.88. The van der Waals surface area contributed by atoms with Gasteiger partial charge in [-0.3, -0.25) is 14.4 Å². The summed E-state index contributed by atoms with van der Waals surface area (Å²) < 4.78 is 9.24. The maximum atomic E-state index is 11.4. The van der Waals surface area contributed by atoms with Crippen LogP contribution >= 0.6 is 0 Å². The Morgan fingerprint density at radius 1 is 1.06 bits per heavy atom. The van der Waals surface area contributed by atoms with Gasteiger partial charge in [0.05, 0.1) is 11.8 Å². The fraction of sp³-hybridized carbons (Fsp3) is 0.700. The smallest absolute Gasteiger partial charge is 0.393 e. The average Bonchev–Trinajstić information content (AvgIpc) is 2.26. The van der Waals surface area contributed by atoms with Gasteiger partial charge in [-0.15, -0.1) is 0 Å². The third kappa shape index (κ3) is 3.79. The Kier molecular flexibility index (Phi) is 5.41. The molecule has 0 aromatic carbocycles. The number of rotatable bonds is 6. The van der Waals surface area contributed by atoms with Gasteiger partial charge in [-0.25, -0.2) is 5.53 Å². The number of ether oxygens (including phenoxy) is 2. The third-order valence-corrected chi connectivity index (χ3v) is 1.88. The number of esters is 2. The zero-order valence-corrected chi connectivity index (χ0v) is 10.7. The molecule has 0 saturated heterocycles. The lowest BCUT2D eigenvalue weighted by Gasteiger charge is -2.25. The van der Waals surface area contributed by atoms with Crippen molar-refractivity contribution < 1.29 is 23.9 Å². The highest BCUT2D eigenvalue weighted by molar-refractivity contribution is 5.87. The first-order valence-electron chi connectivity index (χ1n) is 5.30. The minimum absolute atomic E-state index is 0.594. The van der Waals surface area contributed by atoms with Crippen LogP contribution in [0.5, 0.6) is 0 Å². The molecule has 0 unspecified atom stereocenters. The first-order chi connectivity index (χ1) is 8.16. The van der Waals surface area contributed by atoms with Crippen molar-refractivity contribution in [3.05, 3.63) is 0 Å². The van der Waals surface area contributed by atoms with Crippen LogP contribution in [-0.2, 0) is 23.9 Å². The van der Waals surface area contributed by atoms with Crippen molar-refractivity contribution in [1.29, 1.82) is 5.53 Å². The van der Waals surface area contributed by atoms with Crippen molar-refractivity contribution >= 4 is 17.8 Å². The monoisotopic (exact) mass is 259 g/mol. The molecule has 18 heavy (non-hydrogen) atoms. The van der Waals surface area contributed by atoms with Gasteiger partial charge in [0.25, 0.3) is 0 Å². The molecular weight excluding hydrogens is 242 g/mol. The van der Waals surface area contributed by atoms with Crippen molar-refractivity contribution in [2.24, 2.45) is 22.7 Å². The summed E-state index contributed by atoms with van der Waals surface area (Å²) >= 11 is 0. The number of hydrogen-bond acceptors (Lipinski definition) is 7. The van der Waals surface area contributed by atoms with E-state index in [1.54, 1.807) is 0 Å². The van der Waals surface area contributed by atoms with Gasteiger partial charge in [0.1, 0.15) is 0 Å². The van der Waals surface area contributed by atoms with Gasteiger partial charge in [-0.1, -0.05) is 32.8 Å². The molecule has 0 bridgehead atoms. The number of amides is 1. The molecule has 8 heteroatoms. The summed E-state index contributed by atoms with van der Waals surface area (Å²) in [5, 5.41) is 2.75. The Balaban J connectivity index is 5.18. The van der Waals surface area contributed by atoms with E-state index in [4.69, 9.17) is 11.3 Å². The van der Waals surface area contributed by atoms with Crippen molar-refractivity contribution in [2.75, 3.05) is 0 Å². The Labute approximate surface area is 104 Å². The Hall–Kier alpha value is -1.99. The van der Waals surface area contributed by atoms with Gasteiger partial charge in [0.15, 0.2) is 0 Å². The van der Waals surface area contributed by atoms with Gasteiger partial charge in [0, 0.05) is 0 Å². The summed E-state index contributed by atoms with van der Waals surface area (Å²) in [6, 6.07) is 0. The van der Waals surface area contributed by atoms with Crippen LogP contribution in [0.1, 0.15) is 27.7 Å². The number of nitrogens with one attached hydrogen (secondary N) is 1. The molecule has 0 atom stereocenters. The number of carbonyl (C=O) groups is 3. The first kappa shape index (κ1) is 16.0. The normalized spacial score (nSPS) is 11.2. The second kappa shape index (κ2) is 6.08. The average molecular weight is 259 g/mol. The minimum atomic E-state index is -2.72. The molecule has 0 spiro atoms. The number of nitrogens with zero attached hydrogens (tertiary/aromatic N) is 1. The van der Waals surface area contributed by atoms with E-state index in [1.807, 2.05) is 0 Å². The molecular formula is C10H17N3O5. The van der Waals surface area contributed by atoms with Gasteiger partial charge >= 0.3 is 23.8 Å². The minimum Gasteiger partial charge on any atom is -0.393 e. The maximum absolute atomic E-state index is 11.4. The van der Waals surface area contributed by atoms with E-state index in [9.17, 15) is 14.4 Å². The van der Waals surface area contributed by atoms with E-state index in [1.165, 1.54) is 27.7 Å². The van der Waals surface area contributed by atoms with Gasteiger partial charge < -0.3 is 15.2 Å². The summed E-state index contributed by atoms with van der Waals surface area (Å²) in [5.74, 6) is -6.97. The lowest BCUT2D eigenvalue weighted by Crippen LogP contribution is -2.50. The van der Waals surface area contributed by atoms with Crippen molar-refractivity contribution in [1.82, 2.24) is 0 Å². The summed E-state index contributed by atoms with van der Waals surface area (Å²) in [6.45, 7) is 6.01. The molecule has 1 amide bonds. The zero-order valence-electron chi connectivity index (χ0n) is 10.7. The van der Waals surface area contributed by atoms with E-state index < -0.39 is 35.6 Å². The Bertz CT molecular complexity index is 343. The maximum Gasteiger partial charge on any atom is 0.461 e. The van der Waals surface area contributed by atoms with Gasteiger partial charge in [-0.2, -0.15) is 0 Å². The molecule has 0 fully saturated rings. The molecule has 0 aliphatic carbocycles. The topological polar surface area (TPSA) is 132 Å². The van der Waals surface area contributed by atoms with Crippen molar-refractivity contribution in [3.63, 3.8) is 0 Å². The van der Waals surface area contributed by atoms with Crippen molar-refractivity contribution in [3.8, 4) is 0 Å². The fourth-order valence-electron chi connectivity index (χ4n) is 0.731. The molecule has 0 aliphatic heterocycles. The highest BCUT2D eigenvalue weighted by atomic mass is 16.8. The predicted octanol–water partition coefficient (Wildman–Crippen LogP) is 0.555. The number of hydrogen-bond donors (Lipinski definition) is 2. The zero-order chi connectivity index (χ0) is 14.5. The van der Waals surface area contributed by atoms with E-state index in [0.717, 1.165) is 0 Å². The molecule has 0 radical (unpaired) electrons. The molecule has 102 valence electrons. The van der Waals surface area contributed by atoms with Crippen LogP contribution in [0.2, 0.25) is 0 Å². The summed E-state index contributed by atoms with van der Waals surface area (Å²) in [5.41, 5.74) is 11.8. The highest BCUT2D eigenvalue weighted by Crippen LogP contribution is 2.19. The lowest BCUT2D eigenvalue weighted by molar-refractivity contribution is -0.229. The molecule has 0 aromatic rings. The van der Waals surface area contributed by atoms with Crippen LogP contribution in [-0.4, -0.2) is 23.8 Å². The molecule has 0 aliphatic rings. The molecule has 0 heterocycles. The standard InChI is InChI=1S/C10H17N3O5/c1-5(2)7(14)17-10(13-12,9(11)16)18-8(15)6(3)4/h5-6,12H,1-4H3,(H2,11,16). The molecule has 3 N–H and O–H groups in total. The Morgan fingerprint density at radius 3 is 1.56 bits per heavy atom. The first-order valence-corrected chi connectivity index (χ1v) is 5.30. The summed E-state index contributed by atoms with van der Waals surface area (Å²) in [6.07, 6.45) is 0. The Morgan fingerprint density at radius 2 is 1.39 bits per heavy atom. The quantitative estimate of drug-likeness (QED) is 0.408. The predicted molar refractivity (Wildman–Crippen MR) is 58.9 cm³/mol. The largest absolute Gasteiger partial charge is 0.461 e. The second-order valence-electron chi connectivity index (χ2n) is 4.21. The van der Waals surface area contributed by atoms with Crippen LogP contribution in [0.3, 0.4) is 0 Å². The van der Waals surface area contributed by atoms with Crippen LogP contribution in [0, 0.1) is 17.4 Å². The van der Waals surface area contributed by atoms with Crippen LogP contribution < -0.4 is 5.73 Å². The van der Waals surface area contributed by atoms with E-state index in [-0.39, 0.29) is 0 Å². The lowest BCUT2D eigenvalue weighted by atomic mass is 10.2. The number of nitrogens with two attached hydrogens (primary N) is 1. The molecule has 0 rings (SSSR count). The molecule has 0 saturated carbocycles. The van der Waals surface area contributed by atoms with Crippen molar-refractivity contribution in [2.45, 2.75) is 33.6 Å². The van der Waals surface area contributed by atoms with Gasteiger partial charge in [-0.05, 0) is 0 Å². The summed E-state index contributed by atoms with van der Waals surface area (Å²) in [7, 11) is 0.